The van der Waals surface area contributed by atoms with E-state index in [-0.39, 0.29) is 5.78 Å². The molecule has 0 bridgehead atoms. The molecule has 0 unspecified atom stereocenters. The number of pyridine rings is 1. The average molecular weight is 286 g/mol. The number of rotatable bonds is 1. The zero-order chi connectivity index (χ0) is 14.3. The third kappa shape index (κ3) is 2.14. The van der Waals surface area contributed by atoms with Gasteiger partial charge in [0.1, 0.15) is 11.4 Å². The number of thiocarbonyl (C=S) groups is 1. The van der Waals surface area contributed by atoms with Gasteiger partial charge in [0.05, 0.1) is 11.9 Å². The number of hydrogen-bond acceptors (Lipinski definition) is 4. The van der Waals surface area contributed by atoms with Gasteiger partial charge in [0.25, 0.3) is 0 Å². The number of nitrogens with zero attached hydrogens (tertiary/aromatic N) is 2. The molecule has 0 aliphatic carbocycles. The van der Waals surface area contributed by atoms with E-state index in [0.717, 1.165) is 11.3 Å². The fourth-order valence-electron chi connectivity index (χ4n) is 2.38. The van der Waals surface area contributed by atoms with Crippen molar-refractivity contribution in [1.82, 2.24) is 9.88 Å². The molecule has 2 aliphatic rings. The van der Waals surface area contributed by atoms with Crippen LogP contribution in [-0.4, -0.2) is 32.8 Å². The van der Waals surface area contributed by atoms with Crippen LogP contribution in [0.15, 0.2) is 36.7 Å². The minimum absolute atomic E-state index is 0.132. The molecule has 0 N–H and O–H groups in total. The SMILES string of the molecule is CC1(C)C=C(N2CC=CC(=O)C2=S)c2ccncc2O1. The highest BCUT2D eigenvalue weighted by Gasteiger charge is 2.32. The maximum absolute atomic E-state index is 11.8. The number of aromatic nitrogens is 1. The van der Waals surface area contributed by atoms with Gasteiger partial charge in [0.2, 0.25) is 5.78 Å². The van der Waals surface area contributed by atoms with Crippen molar-refractivity contribution in [3.63, 3.8) is 0 Å². The second-order valence-electron chi connectivity index (χ2n) is 5.29. The molecule has 2 aliphatic heterocycles. The molecule has 1 aromatic rings. The van der Waals surface area contributed by atoms with Gasteiger partial charge < -0.3 is 9.64 Å². The number of ketones is 1. The zero-order valence-corrected chi connectivity index (χ0v) is 12.1. The first-order valence-corrected chi connectivity index (χ1v) is 6.77. The molecule has 0 fully saturated rings. The fourth-order valence-corrected chi connectivity index (χ4v) is 2.62. The second kappa shape index (κ2) is 4.52. The summed E-state index contributed by atoms with van der Waals surface area (Å²) in [5, 5.41) is 0. The Balaban J connectivity index is 2.11. The molecule has 0 saturated heterocycles. The zero-order valence-electron chi connectivity index (χ0n) is 11.3. The van der Waals surface area contributed by atoms with E-state index < -0.39 is 5.60 Å². The predicted octanol–water partition coefficient (Wildman–Crippen LogP) is 2.36. The molecule has 4 nitrogen and oxygen atoms in total. The summed E-state index contributed by atoms with van der Waals surface area (Å²) in [7, 11) is 0. The standard InChI is InChI=1S/C15H14N2O2S/c1-15(2)8-11(10-5-6-16-9-13(10)19-15)17-7-3-4-12(18)14(17)20/h3-6,8-9H,7H2,1-2H3. The first-order valence-electron chi connectivity index (χ1n) is 6.36. The quantitative estimate of drug-likeness (QED) is 0.741. The smallest absolute Gasteiger partial charge is 0.213 e. The summed E-state index contributed by atoms with van der Waals surface area (Å²) in [5.74, 6) is 0.576. The molecule has 0 amide bonds. The van der Waals surface area contributed by atoms with E-state index in [1.54, 1.807) is 12.4 Å². The molecule has 0 spiro atoms. The summed E-state index contributed by atoms with van der Waals surface area (Å²) in [6.45, 7) is 4.52. The van der Waals surface area contributed by atoms with E-state index >= 15 is 0 Å². The summed E-state index contributed by atoms with van der Waals surface area (Å²) >= 11 is 5.26. The Morgan fingerprint density at radius 2 is 2.25 bits per heavy atom. The van der Waals surface area contributed by atoms with Crippen LogP contribution in [0.2, 0.25) is 0 Å². The van der Waals surface area contributed by atoms with E-state index in [2.05, 4.69) is 4.98 Å². The average Bonchev–Trinajstić information content (AvgIpc) is 2.40. The van der Waals surface area contributed by atoms with Gasteiger partial charge in [0, 0.05) is 18.3 Å². The van der Waals surface area contributed by atoms with Crippen molar-refractivity contribution in [2.24, 2.45) is 0 Å². The minimum atomic E-state index is -0.467. The maximum Gasteiger partial charge on any atom is 0.213 e. The van der Waals surface area contributed by atoms with E-state index in [1.807, 2.05) is 37.0 Å². The van der Waals surface area contributed by atoms with Crippen LogP contribution >= 0.6 is 12.2 Å². The predicted molar refractivity (Wildman–Crippen MR) is 80.4 cm³/mol. The molecule has 20 heavy (non-hydrogen) atoms. The van der Waals surface area contributed by atoms with Gasteiger partial charge >= 0.3 is 0 Å². The highest BCUT2D eigenvalue weighted by atomic mass is 32.1. The number of hydrogen-bond donors (Lipinski definition) is 0. The fraction of sp³-hybridized carbons (Fsp3) is 0.267. The molecular formula is C15H14N2O2S. The number of ether oxygens (including phenoxy) is 1. The maximum atomic E-state index is 11.8. The van der Waals surface area contributed by atoms with Crippen LogP contribution in [0.4, 0.5) is 0 Å². The van der Waals surface area contributed by atoms with E-state index in [1.165, 1.54) is 6.08 Å². The van der Waals surface area contributed by atoms with Crippen LogP contribution in [-0.2, 0) is 4.79 Å². The van der Waals surface area contributed by atoms with Crippen LogP contribution in [0, 0.1) is 0 Å². The number of carbonyl (C=O) groups excluding carboxylic acids is 1. The van der Waals surface area contributed by atoms with E-state index in [9.17, 15) is 4.79 Å². The number of carbonyl (C=O) groups is 1. The lowest BCUT2D eigenvalue weighted by molar-refractivity contribution is -0.109. The van der Waals surface area contributed by atoms with Crippen molar-refractivity contribution in [3.8, 4) is 5.75 Å². The highest BCUT2D eigenvalue weighted by Crippen LogP contribution is 2.37. The summed E-state index contributed by atoms with van der Waals surface area (Å²) < 4.78 is 5.89. The summed E-state index contributed by atoms with van der Waals surface area (Å²) in [4.78, 5) is 18.0. The van der Waals surface area contributed by atoms with Gasteiger partial charge in [-0.05, 0) is 32.1 Å². The van der Waals surface area contributed by atoms with Gasteiger partial charge in [-0.3, -0.25) is 9.78 Å². The van der Waals surface area contributed by atoms with Crippen molar-refractivity contribution in [1.29, 1.82) is 0 Å². The molecule has 0 saturated carbocycles. The molecule has 0 aromatic carbocycles. The number of fused-ring (bicyclic) bond motifs is 1. The van der Waals surface area contributed by atoms with Crippen molar-refractivity contribution >= 4 is 28.7 Å². The molecule has 102 valence electrons. The van der Waals surface area contributed by atoms with Crippen LogP contribution in [0.1, 0.15) is 19.4 Å². The third-order valence-electron chi connectivity index (χ3n) is 3.22. The van der Waals surface area contributed by atoms with Crippen molar-refractivity contribution in [3.05, 3.63) is 42.3 Å². The normalized spacial score (nSPS) is 20.3. The van der Waals surface area contributed by atoms with Crippen LogP contribution in [0.3, 0.4) is 0 Å². The van der Waals surface area contributed by atoms with Crippen molar-refractivity contribution in [2.75, 3.05) is 6.54 Å². The second-order valence-corrected chi connectivity index (χ2v) is 5.68. The largest absolute Gasteiger partial charge is 0.481 e. The molecule has 0 atom stereocenters. The molecule has 0 radical (unpaired) electrons. The van der Waals surface area contributed by atoms with E-state index in [4.69, 9.17) is 17.0 Å². The lowest BCUT2D eigenvalue weighted by Gasteiger charge is -2.36. The van der Waals surface area contributed by atoms with Crippen LogP contribution in [0.25, 0.3) is 5.70 Å². The van der Waals surface area contributed by atoms with Crippen molar-refractivity contribution in [2.45, 2.75) is 19.4 Å². The highest BCUT2D eigenvalue weighted by molar-refractivity contribution is 7.82. The Bertz CT molecular complexity index is 662. The monoisotopic (exact) mass is 286 g/mol. The van der Waals surface area contributed by atoms with Crippen LogP contribution < -0.4 is 4.74 Å². The Morgan fingerprint density at radius 1 is 1.45 bits per heavy atom. The molecular weight excluding hydrogens is 272 g/mol. The lowest BCUT2D eigenvalue weighted by Crippen LogP contribution is -2.39. The molecule has 1 aromatic heterocycles. The topological polar surface area (TPSA) is 42.4 Å². The van der Waals surface area contributed by atoms with Gasteiger partial charge in [-0.2, -0.15) is 0 Å². The van der Waals surface area contributed by atoms with Crippen molar-refractivity contribution < 1.29 is 9.53 Å². The Labute approximate surface area is 122 Å². The molecule has 3 heterocycles. The summed E-state index contributed by atoms with van der Waals surface area (Å²) in [6.07, 6.45) is 8.74. The lowest BCUT2D eigenvalue weighted by atomic mass is 9.98. The summed E-state index contributed by atoms with van der Waals surface area (Å²) in [6, 6.07) is 1.88. The van der Waals surface area contributed by atoms with Gasteiger partial charge in [-0.1, -0.05) is 18.3 Å². The first kappa shape index (κ1) is 13.0. The Morgan fingerprint density at radius 3 is 3.05 bits per heavy atom. The first-order chi connectivity index (χ1) is 9.48. The van der Waals surface area contributed by atoms with Gasteiger partial charge in [-0.25, -0.2) is 0 Å². The Kier molecular flexibility index (Phi) is 2.94. The van der Waals surface area contributed by atoms with Gasteiger partial charge in [-0.15, -0.1) is 0 Å². The Hall–Kier alpha value is -2.01. The van der Waals surface area contributed by atoms with Gasteiger partial charge in [0.15, 0.2) is 4.99 Å². The molecule has 3 rings (SSSR count). The third-order valence-corrected chi connectivity index (χ3v) is 3.64. The van der Waals surface area contributed by atoms with E-state index in [0.29, 0.717) is 17.3 Å². The van der Waals surface area contributed by atoms with Crippen LogP contribution in [0.5, 0.6) is 5.75 Å². The molecule has 5 heteroatoms. The minimum Gasteiger partial charge on any atom is -0.481 e. The summed E-state index contributed by atoms with van der Waals surface area (Å²) in [5.41, 5.74) is 1.34.